The van der Waals surface area contributed by atoms with Crippen molar-refractivity contribution in [2.45, 2.75) is 32.9 Å². The molecule has 6 heteroatoms. The van der Waals surface area contributed by atoms with Crippen LogP contribution >= 0.6 is 11.8 Å². The van der Waals surface area contributed by atoms with Crippen LogP contribution < -0.4 is 5.56 Å². The fourth-order valence-electron chi connectivity index (χ4n) is 2.87. The van der Waals surface area contributed by atoms with Gasteiger partial charge in [-0.3, -0.25) is 9.59 Å². The molecule has 0 saturated carbocycles. The van der Waals surface area contributed by atoms with Gasteiger partial charge in [0.05, 0.1) is 11.1 Å². The summed E-state index contributed by atoms with van der Waals surface area (Å²) in [5.41, 5.74) is 4.63. The summed E-state index contributed by atoms with van der Waals surface area (Å²) in [4.78, 5) is 36.2. The van der Waals surface area contributed by atoms with Gasteiger partial charge in [0.1, 0.15) is 0 Å². The van der Waals surface area contributed by atoms with Crippen LogP contribution in [0.1, 0.15) is 32.7 Å². The third kappa shape index (κ3) is 3.64. The first-order valence-electron chi connectivity index (χ1n) is 7.96. The van der Waals surface area contributed by atoms with Gasteiger partial charge in [-0.2, -0.15) is 0 Å². The van der Waals surface area contributed by atoms with Gasteiger partial charge in [-0.25, -0.2) is 9.97 Å². The van der Waals surface area contributed by atoms with Crippen LogP contribution in [0.15, 0.2) is 34.2 Å². The highest BCUT2D eigenvalue weighted by atomic mass is 32.2. The lowest BCUT2D eigenvalue weighted by molar-refractivity contribution is 0.102. The number of fused-ring (bicyclic) bond motifs is 1. The number of H-pyrrole nitrogens is 1. The number of hydrogen-bond donors (Lipinski definition) is 1. The van der Waals surface area contributed by atoms with Gasteiger partial charge >= 0.3 is 0 Å². The smallest absolute Gasteiger partial charge is 0.261 e. The first-order chi connectivity index (χ1) is 11.8. The van der Waals surface area contributed by atoms with E-state index in [4.69, 9.17) is 0 Å². The number of benzene rings is 1. The molecule has 5 nitrogen and oxygen atoms in total. The van der Waals surface area contributed by atoms with Crippen LogP contribution in [0.4, 0.5) is 0 Å². The highest BCUT2D eigenvalue weighted by Crippen LogP contribution is 2.19. The van der Waals surface area contributed by atoms with E-state index in [9.17, 15) is 9.59 Å². The zero-order valence-corrected chi connectivity index (χ0v) is 15.5. The van der Waals surface area contributed by atoms with Crippen LogP contribution in [-0.4, -0.2) is 26.5 Å². The molecule has 2 heterocycles. The molecule has 0 amide bonds. The van der Waals surface area contributed by atoms with E-state index in [1.807, 2.05) is 52.0 Å². The Morgan fingerprint density at radius 3 is 2.56 bits per heavy atom. The maximum Gasteiger partial charge on any atom is 0.261 e. The van der Waals surface area contributed by atoms with E-state index in [1.54, 1.807) is 0 Å². The molecule has 3 aromatic rings. The van der Waals surface area contributed by atoms with Crippen LogP contribution in [0, 0.1) is 27.7 Å². The van der Waals surface area contributed by atoms with Crippen LogP contribution in [0.25, 0.3) is 11.0 Å². The Labute approximate surface area is 149 Å². The average molecular weight is 353 g/mol. The van der Waals surface area contributed by atoms with Crippen molar-refractivity contribution in [3.05, 3.63) is 62.6 Å². The Balaban J connectivity index is 1.86. The molecule has 0 radical (unpaired) electrons. The Kier molecular flexibility index (Phi) is 4.72. The van der Waals surface area contributed by atoms with E-state index in [-0.39, 0.29) is 17.1 Å². The van der Waals surface area contributed by atoms with E-state index in [0.29, 0.717) is 21.8 Å². The van der Waals surface area contributed by atoms with Crippen molar-refractivity contribution in [3.63, 3.8) is 0 Å². The molecule has 25 heavy (non-hydrogen) atoms. The van der Waals surface area contributed by atoms with E-state index in [1.165, 1.54) is 11.8 Å². The summed E-state index contributed by atoms with van der Waals surface area (Å²) in [5.74, 6) is 0.224. The first-order valence-corrected chi connectivity index (χ1v) is 8.95. The Hall–Kier alpha value is -2.47. The molecular weight excluding hydrogens is 334 g/mol. The lowest BCUT2D eigenvalue weighted by Crippen LogP contribution is -2.13. The number of ketones is 1. The van der Waals surface area contributed by atoms with Gasteiger partial charge in [0.2, 0.25) is 0 Å². The number of nitrogens with zero attached hydrogens (tertiary/aromatic N) is 2. The van der Waals surface area contributed by atoms with Crippen LogP contribution in [0.3, 0.4) is 0 Å². The second-order valence-corrected chi connectivity index (χ2v) is 7.14. The zero-order chi connectivity index (χ0) is 18.1. The number of aryl methyl sites for hydroxylation is 4. The predicted molar refractivity (Wildman–Crippen MR) is 101 cm³/mol. The molecule has 0 fully saturated rings. The summed E-state index contributed by atoms with van der Waals surface area (Å²) in [6.45, 7) is 7.66. The van der Waals surface area contributed by atoms with Crippen molar-refractivity contribution in [3.8, 4) is 0 Å². The standard InChI is InChI=1S/C19H19N3O2S/c1-10-5-6-14(11(2)7-10)15(23)9-25-19-21-17-16(18(24)22-19)12(3)8-13(4)20-17/h5-8H,9H2,1-4H3,(H,20,21,22,24). The number of rotatable bonds is 4. The second-order valence-electron chi connectivity index (χ2n) is 6.18. The third-order valence-electron chi connectivity index (χ3n) is 4.00. The van der Waals surface area contributed by atoms with Crippen molar-refractivity contribution in [2.75, 3.05) is 5.75 Å². The molecule has 1 aromatic carbocycles. The Bertz CT molecular complexity index is 1040. The van der Waals surface area contributed by atoms with Crippen LogP contribution in [-0.2, 0) is 0 Å². The SMILES string of the molecule is Cc1ccc(C(=O)CSc2nc3nc(C)cc(C)c3c(=O)[nH]2)c(C)c1. The average Bonchev–Trinajstić information content (AvgIpc) is 2.51. The van der Waals surface area contributed by atoms with E-state index in [2.05, 4.69) is 15.0 Å². The number of aromatic amines is 1. The highest BCUT2D eigenvalue weighted by molar-refractivity contribution is 7.99. The second kappa shape index (κ2) is 6.80. The lowest BCUT2D eigenvalue weighted by Gasteiger charge is -2.07. The zero-order valence-electron chi connectivity index (χ0n) is 14.6. The summed E-state index contributed by atoms with van der Waals surface area (Å²) in [7, 11) is 0. The molecule has 128 valence electrons. The highest BCUT2D eigenvalue weighted by Gasteiger charge is 2.13. The monoisotopic (exact) mass is 353 g/mol. The largest absolute Gasteiger partial charge is 0.301 e. The number of aromatic nitrogens is 3. The maximum atomic E-state index is 12.5. The van der Waals surface area contributed by atoms with Crippen molar-refractivity contribution in [2.24, 2.45) is 0 Å². The minimum Gasteiger partial charge on any atom is -0.301 e. The van der Waals surface area contributed by atoms with Crippen LogP contribution in [0.2, 0.25) is 0 Å². The van der Waals surface area contributed by atoms with Gasteiger partial charge in [-0.05, 0) is 44.9 Å². The van der Waals surface area contributed by atoms with Gasteiger partial charge in [0, 0.05) is 11.3 Å². The number of nitrogens with one attached hydrogen (secondary N) is 1. The molecule has 0 unspecified atom stereocenters. The molecular formula is C19H19N3O2S. The van der Waals surface area contributed by atoms with Gasteiger partial charge in [0.25, 0.3) is 5.56 Å². The normalized spacial score (nSPS) is 11.0. The molecule has 0 atom stereocenters. The number of pyridine rings is 1. The molecule has 0 aliphatic rings. The Morgan fingerprint density at radius 2 is 1.84 bits per heavy atom. The summed E-state index contributed by atoms with van der Waals surface area (Å²) < 4.78 is 0. The number of Topliss-reactive ketones (excluding diaryl/α,β-unsaturated/α-hetero) is 1. The number of thioether (sulfide) groups is 1. The topological polar surface area (TPSA) is 75.7 Å². The molecule has 3 rings (SSSR count). The minimum atomic E-state index is -0.225. The van der Waals surface area contributed by atoms with Crippen molar-refractivity contribution in [1.29, 1.82) is 0 Å². The number of carbonyl (C=O) groups is 1. The van der Waals surface area contributed by atoms with E-state index >= 15 is 0 Å². The fourth-order valence-corrected chi connectivity index (χ4v) is 3.61. The number of carbonyl (C=O) groups excluding carboxylic acids is 1. The minimum absolute atomic E-state index is 0.0126. The number of hydrogen-bond acceptors (Lipinski definition) is 5. The quantitative estimate of drug-likeness (QED) is 0.441. The molecule has 0 aliphatic heterocycles. The lowest BCUT2D eigenvalue weighted by atomic mass is 10.0. The van der Waals surface area contributed by atoms with Crippen molar-refractivity contribution < 1.29 is 4.79 Å². The summed E-state index contributed by atoms with van der Waals surface area (Å²) in [6, 6.07) is 7.62. The molecule has 0 aliphatic carbocycles. The Morgan fingerprint density at radius 1 is 1.08 bits per heavy atom. The molecule has 2 aromatic heterocycles. The maximum absolute atomic E-state index is 12.5. The molecule has 0 bridgehead atoms. The molecule has 1 N–H and O–H groups in total. The summed E-state index contributed by atoms with van der Waals surface area (Å²) >= 11 is 1.22. The van der Waals surface area contributed by atoms with Crippen LogP contribution in [0.5, 0.6) is 0 Å². The van der Waals surface area contributed by atoms with Crippen molar-refractivity contribution in [1.82, 2.24) is 15.0 Å². The van der Waals surface area contributed by atoms with Crippen molar-refractivity contribution >= 4 is 28.6 Å². The summed E-state index contributed by atoms with van der Waals surface area (Å²) in [6.07, 6.45) is 0. The predicted octanol–water partition coefficient (Wildman–Crippen LogP) is 3.53. The van der Waals surface area contributed by atoms with Gasteiger partial charge in [0.15, 0.2) is 16.6 Å². The van der Waals surface area contributed by atoms with Gasteiger partial charge < -0.3 is 4.98 Å². The van der Waals surface area contributed by atoms with E-state index < -0.39 is 0 Å². The summed E-state index contributed by atoms with van der Waals surface area (Å²) in [5, 5.41) is 0.906. The third-order valence-corrected chi connectivity index (χ3v) is 4.88. The molecule has 0 spiro atoms. The first kappa shape index (κ1) is 17.4. The molecule has 0 saturated heterocycles. The fraction of sp³-hybridized carbons (Fsp3) is 0.263. The van der Waals surface area contributed by atoms with Gasteiger partial charge in [-0.15, -0.1) is 0 Å². The van der Waals surface area contributed by atoms with Gasteiger partial charge in [-0.1, -0.05) is 35.5 Å². The van der Waals surface area contributed by atoms with E-state index in [0.717, 1.165) is 22.4 Å².